The maximum Gasteiger partial charge on any atom is 0.332 e. The number of nitriles is 1. The van der Waals surface area contributed by atoms with Crippen LogP contribution in [-0.2, 0) is 0 Å². The zero-order valence-corrected chi connectivity index (χ0v) is 9.29. The molecule has 0 aliphatic rings. The lowest BCUT2D eigenvalue weighted by molar-refractivity contribution is 0.996. The Bertz CT molecular complexity index is 823. The SMILES string of the molecule is N#Cc1ccccc1-n1c(=O)[nH]c2cccnc21. The van der Waals surface area contributed by atoms with Gasteiger partial charge in [0, 0.05) is 6.20 Å². The van der Waals surface area contributed by atoms with Gasteiger partial charge in [-0.15, -0.1) is 0 Å². The standard InChI is InChI=1S/C13H8N4O/c14-8-9-4-1-2-6-11(9)17-12-10(16-13(17)18)5-3-7-15-12/h1-7H,(H,16,18). The van der Waals surface area contributed by atoms with Gasteiger partial charge in [0.1, 0.15) is 6.07 Å². The Hall–Kier alpha value is -2.87. The van der Waals surface area contributed by atoms with E-state index in [1.807, 2.05) is 0 Å². The summed E-state index contributed by atoms with van der Waals surface area (Å²) < 4.78 is 1.41. The van der Waals surface area contributed by atoms with E-state index >= 15 is 0 Å². The Kier molecular flexibility index (Phi) is 2.21. The van der Waals surface area contributed by atoms with E-state index in [1.165, 1.54) is 4.57 Å². The van der Waals surface area contributed by atoms with Crippen LogP contribution < -0.4 is 5.69 Å². The fraction of sp³-hybridized carbons (Fsp3) is 0. The van der Waals surface area contributed by atoms with Crippen molar-refractivity contribution in [1.82, 2.24) is 14.5 Å². The van der Waals surface area contributed by atoms with Crippen LogP contribution in [0.4, 0.5) is 0 Å². The monoisotopic (exact) mass is 236 g/mol. The molecule has 18 heavy (non-hydrogen) atoms. The second-order valence-electron chi connectivity index (χ2n) is 3.77. The second kappa shape index (κ2) is 3.86. The minimum absolute atomic E-state index is 0.300. The normalized spacial score (nSPS) is 10.4. The highest BCUT2D eigenvalue weighted by atomic mass is 16.1. The summed E-state index contributed by atoms with van der Waals surface area (Å²) in [5.74, 6) is 0. The predicted molar refractivity (Wildman–Crippen MR) is 66.4 cm³/mol. The number of aromatic amines is 1. The number of imidazole rings is 1. The topological polar surface area (TPSA) is 74.5 Å². The number of pyridine rings is 1. The Morgan fingerprint density at radius 2 is 2.06 bits per heavy atom. The Labute approximate surface area is 102 Å². The molecule has 86 valence electrons. The molecule has 2 aromatic heterocycles. The van der Waals surface area contributed by atoms with E-state index in [4.69, 9.17) is 5.26 Å². The van der Waals surface area contributed by atoms with Gasteiger partial charge in [-0.2, -0.15) is 5.26 Å². The van der Waals surface area contributed by atoms with Crippen molar-refractivity contribution in [3.8, 4) is 11.8 Å². The van der Waals surface area contributed by atoms with Gasteiger partial charge < -0.3 is 4.98 Å². The van der Waals surface area contributed by atoms with Gasteiger partial charge in [-0.3, -0.25) is 0 Å². The van der Waals surface area contributed by atoms with Crippen LogP contribution in [0, 0.1) is 11.3 Å². The van der Waals surface area contributed by atoms with Crippen molar-refractivity contribution in [2.75, 3.05) is 0 Å². The number of rotatable bonds is 1. The minimum atomic E-state index is -0.300. The molecule has 5 heteroatoms. The van der Waals surface area contributed by atoms with E-state index in [0.717, 1.165) is 0 Å². The molecular weight excluding hydrogens is 228 g/mol. The first kappa shape index (κ1) is 10.3. The zero-order valence-electron chi connectivity index (χ0n) is 9.29. The molecule has 0 spiro atoms. The number of H-pyrrole nitrogens is 1. The fourth-order valence-electron chi connectivity index (χ4n) is 1.93. The van der Waals surface area contributed by atoms with Gasteiger partial charge in [-0.1, -0.05) is 12.1 Å². The Morgan fingerprint density at radius 3 is 2.89 bits per heavy atom. The van der Waals surface area contributed by atoms with Crippen LogP contribution in [0.5, 0.6) is 0 Å². The summed E-state index contributed by atoms with van der Waals surface area (Å²) in [4.78, 5) is 18.9. The first-order valence-corrected chi connectivity index (χ1v) is 5.36. The molecule has 3 aromatic rings. The number of hydrogen-bond acceptors (Lipinski definition) is 3. The lowest BCUT2D eigenvalue weighted by atomic mass is 10.2. The number of nitrogens with zero attached hydrogens (tertiary/aromatic N) is 3. The van der Waals surface area contributed by atoms with E-state index in [1.54, 1.807) is 42.6 Å². The molecule has 1 aromatic carbocycles. The predicted octanol–water partition coefficient (Wildman–Crippen LogP) is 1.59. The molecule has 0 bridgehead atoms. The van der Waals surface area contributed by atoms with Gasteiger partial charge in [-0.05, 0) is 24.3 Å². The smallest absolute Gasteiger partial charge is 0.304 e. The molecule has 0 saturated heterocycles. The molecule has 2 heterocycles. The van der Waals surface area contributed by atoms with Crippen molar-refractivity contribution in [2.45, 2.75) is 0 Å². The largest absolute Gasteiger partial charge is 0.332 e. The average Bonchev–Trinajstić information content (AvgIpc) is 2.74. The molecule has 0 radical (unpaired) electrons. The molecule has 3 rings (SSSR count). The van der Waals surface area contributed by atoms with Gasteiger partial charge >= 0.3 is 5.69 Å². The lowest BCUT2D eigenvalue weighted by Gasteiger charge is -2.03. The molecule has 0 unspecified atom stereocenters. The third-order valence-electron chi connectivity index (χ3n) is 2.71. The average molecular weight is 236 g/mol. The number of fused-ring (bicyclic) bond motifs is 1. The van der Waals surface area contributed by atoms with Gasteiger partial charge in [0.15, 0.2) is 5.65 Å². The zero-order chi connectivity index (χ0) is 12.5. The van der Waals surface area contributed by atoms with Crippen LogP contribution in [0.2, 0.25) is 0 Å². The molecule has 0 aliphatic carbocycles. The molecule has 0 amide bonds. The van der Waals surface area contributed by atoms with Gasteiger partial charge in [0.25, 0.3) is 0 Å². The molecule has 0 aliphatic heterocycles. The van der Waals surface area contributed by atoms with Crippen LogP contribution in [-0.4, -0.2) is 14.5 Å². The summed E-state index contributed by atoms with van der Waals surface area (Å²) in [6, 6.07) is 12.5. The number of nitrogens with one attached hydrogen (secondary N) is 1. The van der Waals surface area contributed by atoms with Crippen molar-refractivity contribution in [2.24, 2.45) is 0 Å². The maximum absolute atomic E-state index is 12.0. The molecule has 0 fully saturated rings. The van der Waals surface area contributed by atoms with E-state index in [2.05, 4.69) is 16.0 Å². The molecule has 0 atom stereocenters. The number of para-hydroxylation sites is 1. The van der Waals surface area contributed by atoms with Crippen molar-refractivity contribution < 1.29 is 0 Å². The highest BCUT2D eigenvalue weighted by Gasteiger charge is 2.12. The van der Waals surface area contributed by atoms with Crippen LogP contribution in [0.1, 0.15) is 5.56 Å². The van der Waals surface area contributed by atoms with Crippen LogP contribution in [0.15, 0.2) is 47.4 Å². The van der Waals surface area contributed by atoms with E-state index in [9.17, 15) is 4.79 Å². The minimum Gasteiger partial charge on any atom is -0.304 e. The molecular formula is C13H8N4O. The third-order valence-corrected chi connectivity index (χ3v) is 2.71. The van der Waals surface area contributed by atoms with Gasteiger partial charge in [-0.25, -0.2) is 14.3 Å². The quantitative estimate of drug-likeness (QED) is 0.697. The van der Waals surface area contributed by atoms with Gasteiger partial charge in [0.05, 0.1) is 16.8 Å². The Balaban J connectivity index is 2.43. The van der Waals surface area contributed by atoms with Crippen LogP contribution in [0.3, 0.4) is 0 Å². The van der Waals surface area contributed by atoms with Crippen LogP contribution >= 0.6 is 0 Å². The number of benzene rings is 1. The van der Waals surface area contributed by atoms with Gasteiger partial charge in [0.2, 0.25) is 0 Å². The summed E-state index contributed by atoms with van der Waals surface area (Å²) in [6.45, 7) is 0. The van der Waals surface area contributed by atoms with E-state index < -0.39 is 0 Å². The molecule has 0 saturated carbocycles. The first-order valence-electron chi connectivity index (χ1n) is 5.36. The number of aromatic nitrogens is 3. The van der Waals surface area contributed by atoms with E-state index in [0.29, 0.717) is 22.4 Å². The molecule has 1 N–H and O–H groups in total. The molecule has 5 nitrogen and oxygen atoms in total. The summed E-state index contributed by atoms with van der Waals surface area (Å²) in [5.41, 5.74) is 1.84. The third kappa shape index (κ3) is 1.40. The Morgan fingerprint density at radius 1 is 1.22 bits per heavy atom. The van der Waals surface area contributed by atoms with Crippen molar-refractivity contribution in [3.05, 3.63) is 58.6 Å². The van der Waals surface area contributed by atoms with Crippen molar-refractivity contribution in [1.29, 1.82) is 5.26 Å². The summed E-state index contributed by atoms with van der Waals surface area (Å²) in [5, 5.41) is 9.08. The maximum atomic E-state index is 12.0. The van der Waals surface area contributed by atoms with Crippen LogP contribution in [0.25, 0.3) is 16.9 Å². The second-order valence-corrected chi connectivity index (χ2v) is 3.77. The van der Waals surface area contributed by atoms with Crippen molar-refractivity contribution in [3.63, 3.8) is 0 Å². The summed E-state index contributed by atoms with van der Waals surface area (Å²) >= 11 is 0. The van der Waals surface area contributed by atoms with Crippen molar-refractivity contribution >= 4 is 11.2 Å². The highest BCUT2D eigenvalue weighted by molar-refractivity contribution is 5.73. The first-order chi connectivity index (χ1) is 8.81. The van der Waals surface area contributed by atoms with E-state index in [-0.39, 0.29) is 5.69 Å². The summed E-state index contributed by atoms with van der Waals surface area (Å²) in [7, 11) is 0. The fourth-order valence-corrected chi connectivity index (χ4v) is 1.93. The number of hydrogen-bond donors (Lipinski definition) is 1. The highest BCUT2D eigenvalue weighted by Crippen LogP contribution is 2.16. The lowest BCUT2D eigenvalue weighted by Crippen LogP contribution is -2.16. The summed E-state index contributed by atoms with van der Waals surface area (Å²) in [6.07, 6.45) is 1.61.